The lowest BCUT2D eigenvalue weighted by Crippen LogP contribution is -2.51. The van der Waals surface area contributed by atoms with Crippen molar-refractivity contribution >= 4 is 21.9 Å². The van der Waals surface area contributed by atoms with Crippen LogP contribution in [0.25, 0.3) is 0 Å². The van der Waals surface area contributed by atoms with Crippen LogP contribution in [-0.4, -0.2) is 75.1 Å². The Hall–Kier alpha value is -2.13. The summed E-state index contributed by atoms with van der Waals surface area (Å²) in [7, 11) is -3.22. The number of sulfonamides is 1. The minimum Gasteiger partial charge on any atom is -0.484 e. The lowest BCUT2D eigenvalue weighted by atomic mass is 10.2. The van der Waals surface area contributed by atoms with Gasteiger partial charge >= 0.3 is 5.97 Å². The second-order valence-corrected chi connectivity index (χ2v) is 7.56. The third kappa shape index (κ3) is 5.43. The Balaban J connectivity index is 1.81. The fraction of sp³-hybridized carbons (Fsp3) is 0.500. The highest BCUT2D eigenvalue weighted by Crippen LogP contribution is 2.14. The van der Waals surface area contributed by atoms with Crippen molar-refractivity contribution in [2.24, 2.45) is 0 Å². The van der Waals surface area contributed by atoms with E-state index in [0.717, 1.165) is 6.26 Å². The number of nitrogens with zero attached hydrogens (tertiary/aromatic N) is 2. The zero-order chi connectivity index (χ0) is 18.4. The molecule has 8 nitrogen and oxygen atoms in total. The number of hydrogen-bond donors (Lipinski definition) is 0. The van der Waals surface area contributed by atoms with Gasteiger partial charge in [0.15, 0.2) is 6.61 Å². The molecule has 1 heterocycles. The van der Waals surface area contributed by atoms with Gasteiger partial charge in [0.1, 0.15) is 5.75 Å². The summed E-state index contributed by atoms with van der Waals surface area (Å²) in [5.41, 5.74) is 0.414. The summed E-state index contributed by atoms with van der Waals surface area (Å²) in [6.07, 6.45) is 1.16. The number of piperazine rings is 1. The van der Waals surface area contributed by atoms with Crippen LogP contribution < -0.4 is 4.74 Å². The van der Waals surface area contributed by atoms with Gasteiger partial charge in [-0.05, 0) is 31.2 Å². The van der Waals surface area contributed by atoms with Crippen molar-refractivity contribution in [3.05, 3.63) is 29.8 Å². The first-order chi connectivity index (χ1) is 11.8. The minimum atomic E-state index is -3.22. The highest BCUT2D eigenvalue weighted by atomic mass is 32.2. The van der Waals surface area contributed by atoms with E-state index in [-0.39, 0.29) is 12.5 Å². The monoisotopic (exact) mass is 370 g/mol. The number of hydrogen-bond acceptors (Lipinski definition) is 6. The highest BCUT2D eigenvalue weighted by Gasteiger charge is 2.26. The van der Waals surface area contributed by atoms with Crippen molar-refractivity contribution in [2.75, 3.05) is 45.6 Å². The van der Waals surface area contributed by atoms with Crippen molar-refractivity contribution in [3.63, 3.8) is 0 Å². The molecule has 0 bridgehead atoms. The first-order valence-electron chi connectivity index (χ1n) is 7.94. The predicted molar refractivity (Wildman–Crippen MR) is 90.9 cm³/mol. The molecule has 1 amide bonds. The summed E-state index contributed by atoms with van der Waals surface area (Å²) in [4.78, 5) is 25.3. The van der Waals surface area contributed by atoms with Crippen LogP contribution >= 0.6 is 0 Å². The van der Waals surface area contributed by atoms with Crippen molar-refractivity contribution in [3.8, 4) is 5.75 Å². The number of ether oxygens (including phenoxy) is 2. The molecule has 0 aromatic heterocycles. The van der Waals surface area contributed by atoms with Crippen LogP contribution in [0.3, 0.4) is 0 Å². The van der Waals surface area contributed by atoms with Crippen LogP contribution in [-0.2, 0) is 19.6 Å². The average molecular weight is 370 g/mol. The van der Waals surface area contributed by atoms with E-state index in [0.29, 0.717) is 44.1 Å². The maximum absolute atomic E-state index is 12.1. The molecule has 1 fully saturated rings. The third-order valence-corrected chi connectivity index (χ3v) is 5.09. The molecule has 25 heavy (non-hydrogen) atoms. The van der Waals surface area contributed by atoms with E-state index in [1.54, 1.807) is 36.1 Å². The molecule has 1 aliphatic rings. The first-order valence-corrected chi connectivity index (χ1v) is 9.79. The van der Waals surface area contributed by atoms with Gasteiger partial charge in [0, 0.05) is 26.2 Å². The van der Waals surface area contributed by atoms with Gasteiger partial charge < -0.3 is 14.4 Å². The van der Waals surface area contributed by atoms with Gasteiger partial charge in [-0.2, -0.15) is 4.31 Å². The van der Waals surface area contributed by atoms with Gasteiger partial charge in [-0.25, -0.2) is 13.2 Å². The van der Waals surface area contributed by atoms with Gasteiger partial charge in [0.05, 0.1) is 18.4 Å². The molecule has 0 saturated carbocycles. The van der Waals surface area contributed by atoms with Crippen molar-refractivity contribution in [1.82, 2.24) is 9.21 Å². The highest BCUT2D eigenvalue weighted by molar-refractivity contribution is 7.88. The fourth-order valence-corrected chi connectivity index (χ4v) is 3.23. The number of benzene rings is 1. The summed E-state index contributed by atoms with van der Waals surface area (Å²) < 4.78 is 34.6. The molecule has 0 N–H and O–H groups in total. The third-order valence-electron chi connectivity index (χ3n) is 3.79. The standard InChI is InChI=1S/C16H22N2O6S/c1-3-23-16(20)13-4-6-14(7-5-13)24-12-15(19)17-8-10-18(11-9-17)25(2,21)22/h4-7H,3,8-12H2,1-2H3. The fourth-order valence-electron chi connectivity index (χ4n) is 2.41. The zero-order valence-corrected chi connectivity index (χ0v) is 15.1. The molecule has 138 valence electrons. The Morgan fingerprint density at radius 2 is 1.68 bits per heavy atom. The summed E-state index contributed by atoms with van der Waals surface area (Å²) in [5.74, 6) is -0.146. The molecule has 0 radical (unpaired) electrons. The molecule has 1 aliphatic heterocycles. The van der Waals surface area contributed by atoms with E-state index in [9.17, 15) is 18.0 Å². The quantitative estimate of drug-likeness (QED) is 0.671. The van der Waals surface area contributed by atoms with Gasteiger partial charge in [-0.3, -0.25) is 4.79 Å². The minimum absolute atomic E-state index is 0.141. The number of esters is 1. The van der Waals surface area contributed by atoms with Crippen LogP contribution in [0.2, 0.25) is 0 Å². The van der Waals surface area contributed by atoms with Gasteiger partial charge in [-0.1, -0.05) is 0 Å². The Bertz CT molecular complexity index is 709. The topological polar surface area (TPSA) is 93.2 Å². The predicted octanol–water partition coefficient (Wildman–Crippen LogP) is 0.346. The normalized spacial score (nSPS) is 15.7. The van der Waals surface area contributed by atoms with Crippen molar-refractivity contribution in [1.29, 1.82) is 0 Å². The molecule has 0 atom stereocenters. The molecular weight excluding hydrogens is 348 g/mol. The van der Waals surface area contributed by atoms with E-state index in [2.05, 4.69) is 0 Å². The Morgan fingerprint density at radius 1 is 1.08 bits per heavy atom. The molecule has 2 rings (SSSR count). The zero-order valence-electron chi connectivity index (χ0n) is 14.3. The molecular formula is C16H22N2O6S. The molecule has 9 heteroatoms. The second-order valence-electron chi connectivity index (χ2n) is 5.58. The van der Waals surface area contributed by atoms with Gasteiger partial charge in [0.25, 0.3) is 5.91 Å². The first kappa shape index (κ1) is 19.2. The smallest absolute Gasteiger partial charge is 0.338 e. The Morgan fingerprint density at radius 3 is 2.20 bits per heavy atom. The summed E-state index contributed by atoms with van der Waals surface area (Å²) in [6.45, 7) is 3.16. The largest absolute Gasteiger partial charge is 0.484 e. The van der Waals surface area contributed by atoms with Crippen LogP contribution in [0.15, 0.2) is 24.3 Å². The Kier molecular flexibility index (Phi) is 6.38. The van der Waals surface area contributed by atoms with Crippen molar-refractivity contribution in [2.45, 2.75) is 6.92 Å². The van der Waals surface area contributed by atoms with Crippen LogP contribution in [0.1, 0.15) is 17.3 Å². The number of amides is 1. The lowest BCUT2D eigenvalue weighted by molar-refractivity contribution is -0.134. The van der Waals surface area contributed by atoms with Crippen LogP contribution in [0, 0.1) is 0 Å². The van der Waals surface area contributed by atoms with Crippen molar-refractivity contribution < 1.29 is 27.5 Å². The molecule has 0 unspecified atom stereocenters. The molecule has 1 aromatic carbocycles. The maximum atomic E-state index is 12.1. The molecule has 0 aliphatic carbocycles. The lowest BCUT2D eigenvalue weighted by Gasteiger charge is -2.33. The maximum Gasteiger partial charge on any atom is 0.338 e. The average Bonchev–Trinajstić information content (AvgIpc) is 2.59. The number of carbonyl (C=O) groups excluding carboxylic acids is 2. The summed E-state index contributed by atoms with van der Waals surface area (Å²) in [5, 5.41) is 0. The van der Waals surface area contributed by atoms with Crippen LogP contribution in [0.5, 0.6) is 5.75 Å². The summed E-state index contributed by atoms with van der Waals surface area (Å²) >= 11 is 0. The van der Waals surface area contributed by atoms with E-state index in [4.69, 9.17) is 9.47 Å². The molecule has 1 aromatic rings. The van der Waals surface area contributed by atoms with E-state index < -0.39 is 16.0 Å². The number of rotatable bonds is 6. The van der Waals surface area contributed by atoms with Crippen LogP contribution in [0.4, 0.5) is 0 Å². The second kappa shape index (κ2) is 8.30. The molecule has 1 saturated heterocycles. The SMILES string of the molecule is CCOC(=O)c1ccc(OCC(=O)N2CCN(S(C)(=O)=O)CC2)cc1. The summed E-state index contributed by atoms with van der Waals surface area (Å²) in [6, 6.07) is 6.34. The van der Waals surface area contributed by atoms with E-state index in [1.807, 2.05) is 0 Å². The van der Waals surface area contributed by atoms with E-state index in [1.165, 1.54) is 4.31 Å². The van der Waals surface area contributed by atoms with Gasteiger partial charge in [-0.15, -0.1) is 0 Å². The van der Waals surface area contributed by atoms with E-state index >= 15 is 0 Å². The molecule has 0 spiro atoms. The number of carbonyl (C=O) groups is 2. The Labute approximate surface area is 147 Å². The van der Waals surface area contributed by atoms with Gasteiger partial charge in [0.2, 0.25) is 10.0 Å².